The lowest BCUT2D eigenvalue weighted by Crippen LogP contribution is -1.95. The Morgan fingerprint density at radius 1 is 1.13 bits per heavy atom. The molecular formula is C12H17Cl2F. The second-order valence-electron chi connectivity index (χ2n) is 2.83. The number of hydrogen-bond acceptors (Lipinski definition) is 0. The van der Waals surface area contributed by atoms with Gasteiger partial charge in [0, 0.05) is 10.6 Å². The molecule has 0 saturated carbocycles. The molecule has 0 unspecified atom stereocenters. The highest BCUT2D eigenvalue weighted by Gasteiger charge is 2.13. The molecule has 0 fully saturated rings. The molecule has 86 valence electrons. The molecule has 0 saturated heterocycles. The smallest absolute Gasteiger partial charge is 0.146 e. The Bertz CT molecular complexity index is 322. The quantitative estimate of drug-likeness (QED) is 0.627. The zero-order chi connectivity index (χ0) is 12.0. The van der Waals surface area contributed by atoms with Crippen LogP contribution < -0.4 is 0 Å². The van der Waals surface area contributed by atoms with Gasteiger partial charge in [-0.3, -0.25) is 0 Å². The van der Waals surface area contributed by atoms with Crippen LogP contribution in [-0.4, -0.2) is 0 Å². The molecule has 0 atom stereocenters. The molecule has 3 heteroatoms. The first-order valence-corrected chi connectivity index (χ1v) is 6.02. The van der Waals surface area contributed by atoms with Crippen molar-refractivity contribution in [3.63, 3.8) is 0 Å². The molecule has 0 heterocycles. The molecule has 0 spiro atoms. The molecule has 0 aliphatic carbocycles. The molecular weight excluding hydrogens is 234 g/mol. The molecule has 0 nitrogen and oxygen atoms in total. The Morgan fingerprint density at radius 3 is 2.07 bits per heavy atom. The van der Waals surface area contributed by atoms with Crippen LogP contribution in [0.2, 0.25) is 10.0 Å². The van der Waals surface area contributed by atoms with Crippen molar-refractivity contribution in [1.29, 1.82) is 0 Å². The zero-order valence-corrected chi connectivity index (χ0v) is 11.1. The fourth-order valence-corrected chi connectivity index (χ4v) is 1.91. The van der Waals surface area contributed by atoms with Crippen LogP contribution in [0.3, 0.4) is 0 Å². The standard InChI is InChI=1S/C10H11Cl2F.C2H6/c1-3-6-5-8(11)7(4-2)10(13)9(6)12;1-2/h5H,3-4H2,1-2H3;1-2H3. The van der Waals surface area contributed by atoms with E-state index in [0.29, 0.717) is 23.4 Å². The molecule has 0 aromatic heterocycles. The minimum atomic E-state index is -0.367. The summed E-state index contributed by atoms with van der Waals surface area (Å²) < 4.78 is 13.5. The maximum atomic E-state index is 13.5. The average Bonchev–Trinajstić information content (AvgIpc) is 2.27. The van der Waals surface area contributed by atoms with Crippen molar-refractivity contribution in [3.05, 3.63) is 33.1 Å². The lowest BCUT2D eigenvalue weighted by atomic mass is 10.1. The summed E-state index contributed by atoms with van der Waals surface area (Å²) in [6, 6.07) is 1.74. The molecule has 0 aliphatic heterocycles. The summed E-state index contributed by atoms with van der Waals surface area (Å²) in [7, 11) is 0. The monoisotopic (exact) mass is 250 g/mol. The number of rotatable bonds is 2. The second-order valence-corrected chi connectivity index (χ2v) is 3.62. The van der Waals surface area contributed by atoms with Gasteiger partial charge in [0.05, 0.1) is 5.02 Å². The van der Waals surface area contributed by atoms with Gasteiger partial charge >= 0.3 is 0 Å². The van der Waals surface area contributed by atoms with Crippen LogP contribution in [0.5, 0.6) is 0 Å². The van der Waals surface area contributed by atoms with Gasteiger partial charge in [0.15, 0.2) is 0 Å². The maximum absolute atomic E-state index is 13.5. The van der Waals surface area contributed by atoms with E-state index in [-0.39, 0.29) is 10.8 Å². The van der Waals surface area contributed by atoms with E-state index >= 15 is 0 Å². The minimum absolute atomic E-state index is 0.212. The molecule has 15 heavy (non-hydrogen) atoms. The predicted molar refractivity (Wildman–Crippen MR) is 66.5 cm³/mol. The third-order valence-electron chi connectivity index (χ3n) is 2.06. The van der Waals surface area contributed by atoms with E-state index in [9.17, 15) is 4.39 Å². The van der Waals surface area contributed by atoms with Gasteiger partial charge in [-0.25, -0.2) is 4.39 Å². The van der Waals surface area contributed by atoms with Crippen LogP contribution >= 0.6 is 23.2 Å². The summed E-state index contributed by atoms with van der Waals surface area (Å²) in [6.07, 6.45) is 1.26. The number of halogens is 3. The van der Waals surface area contributed by atoms with Gasteiger partial charge in [-0.2, -0.15) is 0 Å². The van der Waals surface area contributed by atoms with E-state index < -0.39 is 0 Å². The largest absolute Gasteiger partial charge is 0.205 e. The van der Waals surface area contributed by atoms with Gasteiger partial charge in [0.1, 0.15) is 5.82 Å². The van der Waals surface area contributed by atoms with Gasteiger partial charge < -0.3 is 0 Å². The topological polar surface area (TPSA) is 0 Å². The van der Waals surface area contributed by atoms with Crippen LogP contribution in [0.25, 0.3) is 0 Å². The van der Waals surface area contributed by atoms with Gasteiger partial charge in [0.25, 0.3) is 0 Å². The molecule has 0 radical (unpaired) electrons. The van der Waals surface area contributed by atoms with E-state index in [1.807, 2.05) is 27.7 Å². The Morgan fingerprint density at radius 2 is 1.67 bits per heavy atom. The molecule has 0 amide bonds. The van der Waals surface area contributed by atoms with Gasteiger partial charge in [-0.05, 0) is 24.5 Å². The Hall–Kier alpha value is -0.270. The average molecular weight is 251 g/mol. The zero-order valence-electron chi connectivity index (χ0n) is 9.63. The van der Waals surface area contributed by atoms with Crippen molar-refractivity contribution in [3.8, 4) is 0 Å². The van der Waals surface area contributed by atoms with Crippen LogP contribution in [0.4, 0.5) is 4.39 Å². The normalized spacial score (nSPS) is 9.53. The third-order valence-corrected chi connectivity index (χ3v) is 2.81. The van der Waals surface area contributed by atoms with Crippen molar-refractivity contribution < 1.29 is 4.39 Å². The maximum Gasteiger partial charge on any atom is 0.146 e. The number of aryl methyl sites for hydroxylation is 1. The fraction of sp³-hybridized carbons (Fsp3) is 0.500. The van der Waals surface area contributed by atoms with Crippen molar-refractivity contribution in [2.75, 3.05) is 0 Å². The van der Waals surface area contributed by atoms with Crippen molar-refractivity contribution >= 4 is 23.2 Å². The van der Waals surface area contributed by atoms with E-state index in [4.69, 9.17) is 23.2 Å². The van der Waals surface area contributed by atoms with Crippen molar-refractivity contribution in [1.82, 2.24) is 0 Å². The first-order valence-electron chi connectivity index (χ1n) is 5.27. The third kappa shape index (κ3) is 3.35. The van der Waals surface area contributed by atoms with Gasteiger partial charge in [-0.1, -0.05) is 50.9 Å². The van der Waals surface area contributed by atoms with Crippen LogP contribution in [0, 0.1) is 5.82 Å². The lowest BCUT2D eigenvalue weighted by Gasteiger charge is -2.08. The van der Waals surface area contributed by atoms with Crippen molar-refractivity contribution in [2.45, 2.75) is 40.5 Å². The first kappa shape index (κ1) is 14.7. The second kappa shape index (κ2) is 7.08. The molecule has 0 aliphatic rings. The summed E-state index contributed by atoms with van der Waals surface area (Å²) in [5.74, 6) is -0.367. The van der Waals surface area contributed by atoms with Gasteiger partial charge in [0.2, 0.25) is 0 Å². The van der Waals surface area contributed by atoms with E-state index in [0.717, 1.165) is 5.56 Å². The highest BCUT2D eigenvalue weighted by Crippen LogP contribution is 2.30. The van der Waals surface area contributed by atoms with Crippen molar-refractivity contribution in [2.24, 2.45) is 0 Å². The highest BCUT2D eigenvalue weighted by molar-refractivity contribution is 6.34. The fourth-order valence-electron chi connectivity index (χ4n) is 1.26. The Labute approximate surface area is 101 Å². The molecule has 0 bridgehead atoms. The molecule has 0 N–H and O–H groups in total. The van der Waals surface area contributed by atoms with E-state index in [2.05, 4.69) is 0 Å². The summed E-state index contributed by atoms with van der Waals surface area (Å²) in [6.45, 7) is 7.77. The Kier molecular flexibility index (Phi) is 6.95. The summed E-state index contributed by atoms with van der Waals surface area (Å²) in [5, 5.41) is 0.685. The summed E-state index contributed by atoms with van der Waals surface area (Å²) >= 11 is 11.7. The van der Waals surface area contributed by atoms with Crippen LogP contribution in [0.1, 0.15) is 38.8 Å². The summed E-state index contributed by atoms with van der Waals surface area (Å²) in [5.41, 5.74) is 1.27. The summed E-state index contributed by atoms with van der Waals surface area (Å²) in [4.78, 5) is 0. The van der Waals surface area contributed by atoms with E-state index in [1.54, 1.807) is 6.07 Å². The van der Waals surface area contributed by atoms with E-state index in [1.165, 1.54) is 0 Å². The highest BCUT2D eigenvalue weighted by atomic mass is 35.5. The minimum Gasteiger partial charge on any atom is -0.205 e. The molecule has 1 aromatic carbocycles. The van der Waals surface area contributed by atoms with Crippen LogP contribution in [0.15, 0.2) is 6.07 Å². The SMILES string of the molecule is CC.CCc1cc(Cl)c(CC)c(F)c1Cl. The molecule has 1 rings (SSSR count). The Balaban J connectivity index is 0.000000921. The first-order chi connectivity index (χ1) is 7.11. The van der Waals surface area contributed by atoms with Gasteiger partial charge in [-0.15, -0.1) is 0 Å². The number of hydrogen-bond donors (Lipinski definition) is 0. The lowest BCUT2D eigenvalue weighted by molar-refractivity contribution is 0.610. The predicted octanol–water partition coefficient (Wildman–Crippen LogP) is 5.28. The molecule has 1 aromatic rings. The van der Waals surface area contributed by atoms with Crippen LogP contribution in [-0.2, 0) is 12.8 Å². The number of benzene rings is 1.